The first-order valence-corrected chi connectivity index (χ1v) is 4.83. The molecule has 0 spiro atoms. The summed E-state index contributed by atoms with van der Waals surface area (Å²) < 4.78 is 0. The molecule has 0 aromatic heterocycles. The van der Waals surface area contributed by atoms with Gasteiger partial charge in [0.25, 0.3) is 0 Å². The lowest BCUT2D eigenvalue weighted by Crippen LogP contribution is -1.92. The SMILES string of the molecule is CC(=O)CSc1ccc(C#N)cc1. The fourth-order valence-electron chi connectivity index (χ4n) is 0.811. The van der Waals surface area contributed by atoms with E-state index in [1.807, 2.05) is 18.2 Å². The van der Waals surface area contributed by atoms with Gasteiger partial charge in [0.05, 0.1) is 17.4 Å². The van der Waals surface area contributed by atoms with Gasteiger partial charge in [0.2, 0.25) is 0 Å². The van der Waals surface area contributed by atoms with Gasteiger partial charge in [-0.05, 0) is 31.2 Å². The predicted octanol–water partition coefficient (Wildman–Crippen LogP) is 2.24. The Morgan fingerprint density at radius 3 is 2.54 bits per heavy atom. The molecule has 13 heavy (non-hydrogen) atoms. The van der Waals surface area contributed by atoms with Gasteiger partial charge in [0, 0.05) is 4.90 Å². The minimum Gasteiger partial charge on any atom is -0.299 e. The van der Waals surface area contributed by atoms with Crippen LogP contribution in [0.3, 0.4) is 0 Å². The Morgan fingerprint density at radius 1 is 1.46 bits per heavy atom. The number of benzene rings is 1. The van der Waals surface area contributed by atoms with Crippen LogP contribution in [0.5, 0.6) is 0 Å². The number of nitriles is 1. The van der Waals surface area contributed by atoms with Crippen LogP contribution in [-0.4, -0.2) is 11.5 Å². The number of hydrogen-bond donors (Lipinski definition) is 0. The van der Waals surface area contributed by atoms with Crippen molar-refractivity contribution in [3.05, 3.63) is 29.8 Å². The van der Waals surface area contributed by atoms with Crippen LogP contribution >= 0.6 is 11.8 Å². The largest absolute Gasteiger partial charge is 0.299 e. The van der Waals surface area contributed by atoms with Crippen LogP contribution in [0.1, 0.15) is 12.5 Å². The van der Waals surface area contributed by atoms with Crippen molar-refractivity contribution >= 4 is 17.5 Å². The molecule has 3 heteroatoms. The molecule has 66 valence electrons. The maximum absolute atomic E-state index is 10.7. The maximum atomic E-state index is 10.7. The zero-order valence-electron chi connectivity index (χ0n) is 7.28. The van der Waals surface area contributed by atoms with Crippen molar-refractivity contribution in [3.63, 3.8) is 0 Å². The highest BCUT2D eigenvalue weighted by molar-refractivity contribution is 8.00. The molecule has 1 aromatic carbocycles. The van der Waals surface area contributed by atoms with Crippen LogP contribution in [0.25, 0.3) is 0 Å². The number of rotatable bonds is 3. The van der Waals surface area contributed by atoms with Crippen molar-refractivity contribution in [2.75, 3.05) is 5.75 Å². The summed E-state index contributed by atoms with van der Waals surface area (Å²) in [4.78, 5) is 11.7. The lowest BCUT2D eigenvalue weighted by molar-refractivity contribution is -0.114. The third-order valence-corrected chi connectivity index (χ3v) is 2.58. The monoisotopic (exact) mass is 191 g/mol. The van der Waals surface area contributed by atoms with E-state index in [1.54, 1.807) is 19.1 Å². The summed E-state index contributed by atoms with van der Waals surface area (Å²) in [6, 6.07) is 9.25. The van der Waals surface area contributed by atoms with Crippen LogP contribution < -0.4 is 0 Å². The Bertz CT molecular complexity index is 337. The summed E-state index contributed by atoms with van der Waals surface area (Å²) in [6.07, 6.45) is 0. The number of carbonyl (C=O) groups excluding carboxylic acids is 1. The molecule has 0 N–H and O–H groups in total. The number of ketones is 1. The highest BCUT2D eigenvalue weighted by Crippen LogP contribution is 2.17. The third-order valence-electron chi connectivity index (χ3n) is 1.43. The van der Waals surface area contributed by atoms with Crippen molar-refractivity contribution in [3.8, 4) is 6.07 Å². The van der Waals surface area contributed by atoms with Crippen molar-refractivity contribution in [1.29, 1.82) is 5.26 Å². The highest BCUT2D eigenvalue weighted by Gasteiger charge is 1.97. The molecule has 1 rings (SSSR count). The van der Waals surface area contributed by atoms with Crippen molar-refractivity contribution in [1.82, 2.24) is 0 Å². The van der Waals surface area contributed by atoms with Crippen molar-refractivity contribution < 1.29 is 4.79 Å². The lowest BCUT2D eigenvalue weighted by atomic mass is 10.2. The first-order valence-electron chi connectivity index (χ1n) is 3.85. The summed E-state index contributed by atoms with van der Waals surface area (Å²) in [5.41, 5.74) is 0.646. The smallest absolute Gasteiger partial charge is 0.140 e. The molecule has 1 aromatic rings. The quantitative estimate of drug-likeness (QED) is 0.688. The van der Waals surface area contributed by atoms with E-state index >= 15 is 0 Å². The molecule has 0 bridgehead atoms. The Hall–Kier alpha value is -1.27. The van der Waals surface area contributed by atoms with E-state index in [4.69, 9.17) is 5.26 Å². The van der Waals surface area contributed by atoms with Crippen molar-refractivity contribution in [2.24, 2.45) is 0 Å². The molecule has 2 nitrogen and oxygen atoms in total. The average Bonchev–Trinajstić information content (AvgIpc) is 2.15. The summed E-state index contributed by atoms with van der Waals surface area (Å²) in [7, 11) is 0. The highest BCUT2D eigenvalue weighted by atomic mass is 32.2. The van der Waals surface area contributed by atoms with Gasteiger partial charge in [0.1, 0.15) is 5.78 Å². The second kappa shape index (κ2) is 4.68. The molecule has 0 aliphatic heterocycles. The molecule has 0 heterocycles. The fourth-order valence-corrected chi connectivity index (χ4v) is 1.51. The Labute approximate surface area is 81.6 Å². The van der Waals surface area contributed by atoms with E-state index in [2.05, 4.69) is 0 Å². The summed E-state index contributed by atoms with van der Waals surface area (Å²) in [5, 5.41) is 8.54. The molecule has 0 saturated carbocycles. The number of thioether (sulfide) groups is 1. The maximum Gasteiger partial charge on any atom is 0.140 e. The summed E-state index contributed by atoms with van der Waals surface area (Å²) in [5.74, 6) is 0.653. The topological polar surface area (TPSA) is 40.9 Å². The molecule has 0 aliphatic carbocycles. The molecule has 0 saturated heterocycles. The molecule has 0 amide bonds. The zero-order valence-corrected chi connectivity index (χ0v) is 8.10. The van der Waals surface area contributed by atoms with Crippen LogP contribution in [0.15, 0.2) is 29.2 Å². The molecule has 0 radical (unpaired) electrons. The van der Waals surface area contributed by atoms with Crippen LogP contribution in [0.4, 0.5) is 0 Å². The van der Waals surface area contributed by atoms with Gasteiger partial charge in [-0.3, -0.25) is 4.79 Å². The van der Waals surface area contributed by atoms with E-state index < -0.39 is 0 Å². The van der Waals surface area contributed by atoms with Gasteiger partial charge in [0.15, 0.2) is 0 Å². The van der Waals surface area contributed by atoms with Crippen molar-refractivity contribution in [2.45, 2.75) is 11.8 Å². The minimum absolute atomic E-state index is 0.161. The van der Waals surface area contributed by atoms with Crippen LogP contribution in [0, 0.1) is 11.3 Å². The van der Waals surface area contributed by atoms with Gasteiger partial charge in [-0.1, -0.05) is 0 Å². The first kappa shape index (κ1) is 9.82. The number of Topliss-reactive ketones (excluding diaryl/α,β-unsaturated/α-hetero) is 1. The Kier molecular flexibility index (Phi) is 3.53. The van der Waals surface area contributed by atoms with Gasteiger partial charge in [-0.2, -0.15) is 5.26 Å². The number of nitrogens with zero attached hydrogens (tertiary/aromatic N) is 1. The second-order valence-corrected chi connectivity index (χ2v) is 3.68. The van der Waals surface area contributed by atoms with Gasteiger partial charge in [-0.25, -0.2) is 0 Å². The Morgan fingerprint density at radius 2 is 2.08 bits per heavy atom. The second-order valence-electron chi connectivity index (χ2n) is 2.63. The summed E-state index contributed by atoms with van der Waals surface area (Å²) >= 11 is 1.49. The van der Waals surface area contributed by atoms with E-state index in [-0.39, 0.29) is 5.78 Å². The standard InChI is InChI=1S/C10H9NOS/c1-8(12)7-13-10-4-2-9(6-11)3-5-10/h2-5H,7H2,1H3. The molecular weight excluding hydrogens is 182 g/mol. The Balaban J connectivity index is 2.60. The van der Waals surface area contributed by atoms with E-state index in [0.717, 1.165) is 4.90 Å². The predicted molar refractivity (Wildman–Crippen MR) is 52.6 cm³/mol. The van der Waals surface area contributed by atoms with Gasteiger partial charge < -0.3 is 0 Å². The first-order chi connectivity index (χ1) is 6.22. The minimum atomic E-state index is 0.161. The molecule has 0 aliphatic rings. The number of carbonyl (C=O) groups is 1. The lowest BCUT2D eigenvalue weighted by Gasteiger charge is -1.97. The van der Waals surface area contributed by atoms with Gasteiger partial charge in [-0.15, -0.1) is 11.8 Å². The molecule has 0 atom stereocenters. The average molecular weight is 191 g/mol. The van der Waals surface area contributed by atoms with Gasteiger partial charge >= 0.3 is 0 Å². The van der Waals surface area contributed by atoms with E-state index in [1.165, 1.54) is 11.8 Å². The zero-order chi connectivity index (χ0) is 9.68. The fraction of sp³-hybridized carbons (Fsp3) is 0.200. The molecule has 0 unspecified atom stereocenters. The normalized spacial score (nSPS) is 9.23. The number of hydrogen-bond acceptors (Lipinski definition) is 3. The summed E-state index contributed by atoms with van der Waals surface area (Å²) in [6.45, 7) is 1.57. The molecular formula is C10H9NOS. The third kappa shape index (κ3) is 3.30. The van der Waals surface area contributed by atoms with Crippen LogP contribution in [0.2, 0.25) is 0 Å². The van der Waals surface area contributed by atoms with Crippen LogP contribution in [-0.2, 0) is 4.79 Å². The van der Waals surface area contributed by atoms with E-state index in [0.29, 0.717) is 11.3 Å². The molecule has 0 fully saturated rings. The van der Waals surface area contributed by atoms with E-state index in [9.17, 15) is 4.79 Å².